The number of carbonyl (C=O) groups is 1. The van der Waals surface area contributed by atoms with Crippen LogP contribution in [0, 0.1) is 0 Å². The maximum Gasteiger partial charge on any atom is 0.308 e. The fraction of sp³-hybridized carbons (Fsp3) is 0.0588. The van der Waals surface area contributed by atoms with Gasteiger partial charge < -0.3 is 15.9 Å². The van der Waals surface area contributed by atoms with Crippen LogP contribution in [0.3, 0.4) is 0 Å². The van der Waals surface area contributed by atoms with Crippen LogP contribution in [0.25, 0.3) is 0 Å². The number of nitrogen functional groups attached to an aromatic ring is 1. The van der Waals surface area contributed by atoms with Gasteiger partial charge in [0.15, 0.2) is 5.13 Å². The van der Waals surface area contributed by atoms with Gasteiger partial charge in [-0.1, -0.05) is 41.7 Å². The summed E-state index contributed by atoms with van der Waals surface area (Å²) in [6.45, 7) is 0. The lowest BCUT2D eigenvalue weighted by molar-refractivity contribution is -0.136. The summed E-state index contributed by atoms with van der Waals surface area (Å²) in [6, 6.07) is 16.7. The first kappa shape index (κ1) is 15.8. The number of rotatable bonds is 5. The van der Waals surface area contributed by atoms with Gasteiger partial charge in [0, 0.05) is 5.69 Å². The quantitative estimate of drug-likeness (QED) is 0.614. The molecule has 0 unspecified atom stereocenters. The van der Waals surface area contributed by atoms with Crippen LogP contribution in [0.2, 0.25) is 0 Å². The highest BCUT2D eigenvalue weighted by molar-refractivity contribution is 7.16. The smallest absolute Gasteiger partial charge is 0.308 e. The van der Waals surface area contributed by atoms with Crippen LogP contribution in [0.4, 0.5) is 22.2 Å². The molecular formula is C17H15N3O3S. The van der Waals surface area contributed by atoms with Crippen LogP contribution in [0.1, 0.15) is 4.88 Å². The number of nitrogens with zero attached hydrogens (tertiary/aromatic N) is 2. The number of aromatic hydroxyl groups is 1. The maximum absolute atomic E-state index is 10.9. The predicted octanol–water partition coefficient (Wildman–Crippen LogP) is 3.53. The molecule has 2 aromatic carbocycles. The van der Waals surface area contributed by atoms with Crippen LogP contribution in [0.15, 0.2) is 54.6 Å². The summed E-state index contributed by atoms with van der Waals surface area (Å²) in [4.78, 5) is 17.2. The van der Waals surface area contributed by atoms with Crippen LogP contribution >= 0.6 is 11.3 Å². The lowest BCUT2D eigenvalue weighted by Gasteiger charge is -2.23. The molecule has 0 radical (unpaired) electrons. The van der Waals surface area contributed by atoms with Crippen molar-refractivity contribution in [3.05, 3.63) is 59.5 Å². The molecule has 122 valence electrons. The van der Waals surface area contributed by atoms with Crippen LogP contribution in [-0.4, -0.2) is 21.2 Å². The van der Waals surface area contributed by atoms with E-state index >= 15 is 0 Å². The predicted molar refractivity (Wildman–Crippen MR) is 94.2 cm³/mol. The molecule has 4 N–H and O–H groups in total. The van der Waals surface area contributed by atoms with Gasteiger partial charge in [0.25, 0.3) is 0 Å². The fourth-order valence-electron chi connectivity index (χ4n) is 2.30. The summed E-state index contributed by atoms with van der Waals surface area (Å²) >= 11 is 1.12. The minimum atomic E-state index is -1.02. The molecule has 6 nitrogen and oxygen atoms in total. The van der Waals surface area contributed by atoms with E-state index < -0.39 is 5.97 Å². The lowest BCUT2D eigenvalue weighted by Crippen LogP contribution is -2.11. The number of carboxylic acids is 1. The molecule has 3 rings (SSSR count). The van der Waals surface area contributed by atoms with E-state index in [1.165, 1.54) is 0 Å². The Morgan fingerprint density at radius 1 is 1.12 bits per heavy atom. The van der Waals surface area contributed by atoms with Gasteiger partial charge in [0.1, 0.15) is 0 Å². The number of para-hydroxylation sites is 3. The molecule has 0 fully saturated rings. The van der Waals surface area contributed by atoms with Gasteiger partial charge in [-0.3, -0.25) is 9.69 Å². The van der Waals surface area contributed by atoms with Crippen molar-refractivity contribution in [1.82, 2.24) is 4.98 Å². The summed E-state index contributed by atoms with van der Waals surface area (Å²) in [5, 5.41) is 19.4. The molecule has 0 aliphatic carbocycles. The Labute approximate surface area is 142 Å². The molecule has 0 saturated carbocycles. The molecule has 1 aromatic heterocycles. The zero-order chi connectivity index (χ0) is 17.1. The van der Waals surface area contributed by atoms with Crippen molar-refractivity contribution in [2.24, 2.45) is 0 Å². The second-order valence-electron chi connectivity index (χ2n) is 5.04. The summed E-state index contributed by atoms with van der Waals surface area (Å²) in [6.07, 6.45) is -0.281. The molecule has 0 atom stereocenters. The first-order valence-corrected chi connectivity index (χ1v) is 7.98. The monoisotopic (exact) mass is 341 g/mol. The van der Waals surface area contributed by atoms with Gasteiger partial charge in [0.05, 0.1) is 22.7 Å². The molecule has 0 saturated heterocycles. The highest BCUT2D eigenvalue weighted by Gasteiger charge is 2.21. The third-order valence-corrected chi connectivity index (χ3v) is 4.39. The number of thiazole rings is 1. The Hall–Kier alpha value is -3.06. The zero-order valence-electron chi connectivity index (χ0n) is 12.6. The SMILES string of the molecule is Nc1ccccc1N(c1ccccc1)c1nc(O)c(CC(=O)O)s1. The molecule has 0 amide bonds. The van der Waals surface area contributed by atoms with Crippen molar-refractivity contribution in [2.45, 2.75) is 6.42 Å². The Bertz CT molecular complexity index is 865. The number of aromatic nitrogens is 1. The fourth-order valence-corrected chi connectivity index (χ4v) is 3.28. The number of hydrogen-bond acceptors (Lipinski definition) is 6. The number of carboxylic acid groups (broad SMARTS) is 1. The molecule has 0 aliphatic rings. The molecule has 1 heterocycles. The maximum atomic E-state index is 10.9. The number of aliphatic carboxylic acids is 1. The minimum Gasteiger partial charge on any atom is -0.492 e. The van der Waals surface area contributed by atoms with E-state index in [1.54, 1.807) is 11.0 Å². The highest BCUT2D eigenvalue weighted by atomic mass is 32.1. The standard InChI is InChI=1S/C17H15N3O3S/c18-12-8-4-5-9-13(12)20(11-6-2-1-3-7-11)17-19-16(23)14(24-17)10-15(21)22/h1-9,23H,10,18H2,(H,21,22). The Balaban J connectivity index is 2.13. The van der Waals surface area contributed by atoms with Crippen LogP contribution in [-0.2, 0) is 11.2 Å². The molecule has 7 heteroatoms. The molecule has 0 bridgehead atoms. The van der Waals surface area contributed by atoms with Gasteiger partial charge in [-0.2, -0.15) is 4.98 Å². The van der Waals surface area contributed by atoms with Gasteiger partial charge >= 0.3 is 5.97 Å². The van der Waals surface area contributed by atoms with E-state index in [-0.39, 0.29) is 12.3 Å². The average Bonchev–Trinajstić information content (AvgIpc) is 2.90. The lowest BCUT2D eigenvalue weighted by atomic mass is 10.2. The summed E-state index contributed by atoms with van der Waals surface area (Å²) in [5.41, 5.74) is 8.17. The van der Waals surface area contributed by atoms with Gasteiger partial charge in [-0.15, -0.1) is 0 Å². The number of anilines is 4. The number of hydrogen-bond donors (Lipinski definition) is 3. The second kappa shape index (κ2) is 6.59. The van der Waals surface area contributed by atoms with E-state index in [9.17, 15) is 9.90 Å². The van der Waals surface area contributed by atoms with Gasteiger partial charge in [-0.25, -0.2) is 0 Å². The average molecular weight is 341 g/mol. The molecule has 24 heavy (non-hydrogen) atoms. The van der Waals surface area contributed by atoms with E-state index in [0.717, 1.165) is 17.0 Å². The third kappa shape index (κ3) is 3.16. The summed E-state index contributed by atoms with van der Waals surface area (Å²) < 4.78 is 0. The molecule has 0 aliphatic heterocycles. The first-order valence-electron chi connectivity index (χ1n) is 7.16. The number of nitrogens with two attached hydrogens (primary N) is 1. The third-order valence-electron chi connectivity index (χ3n) is 3.36. The van der Waals surface area contributed by atoms with Crippen molar-refractivity contribution >= 4 is 39.5 Å². The summed E-state index contributed by atoms with van der Waals surface area (Å²) in [7, 11) is 0. The number of benzene rings is 2. The molecular weight excluding hydrogens is 326 g/mol. The highest BCUT2D eigenvalue weighted by Crippen LogP contribution is 2.42. The van der Waals surface area contributed by atoms with E-state index in [4.69, 9.17) is 10.8 Å². The van der Waals surface area contributed by atoms with Crippen molar-refractivity contribution in [3.63, 3.8) is 0 Å². The van der Waals surface area contributed by atoms with E-state index in [1.807, 2.05) is 48.5 Å². The van der Waals surface area contributed by atoms with E-state index in [0.29, 0.717) is 21.4 Å². The van der Waals surface area contributed by atoms with Crippen molar-refractivity contribution in [1.29, 1.82) is 0 Å². The van der Waals surface area contributed by atoms with Crippen LogP contribution in [0.5, 0.6) is 5.88 Å². The Morgan fingerprint density at radius 3 is 2.46 bits per heavy atom. The Kier molecular flexibility index (Phi) is 4.35. The first-order chi connectivity index (χ1) is 11.6. The van der Waals surface area contributed by atoms with Crippen LogP contribution < -0.4 is 10.6 Å². The summed E-state index contributed by atoms with van der Waals surface area (Å²) in [5.74, 6) is -1.29. The zero-order valence-corrected chi connectivity index (χ0v) is 13.4. The largest absolute Gasteiger partial charge is 0.492 e. The van der Waals surface area contributed by atoms with Crippen molar-refractivity contribution in [3.8, 4) is 5.88 Å². The normalized spacial score (nSPS) is 10.5. The van der Waals surface area contributed by atoms with Crippen molar-refractivity contribution < 1.29 is 15.0 Å². The van der Waals surface area contributed by atoms with E-state index in [2.05, 4.69) is 4.98 Å². The van der Waals surface area contributed by atoms with Crippen molar-refractivity contribution in [2.75, 3.05) is 10.6 Å². The van der Waals surface area contributed by atoms with Gasteiger partial charge in [-0.05, 0) is 24.3 Å². The second-order valence-corrected chi connectivity index (χ2v) is 6.11. The molecule has 0 spiro atoms. The Morgan fingerprint density at radius 2 is 1.79 bits per heavy atom. The van der Waals surface area contributed by atoms with Gasteiger partial charge in [0.2, 0.25) is 5.88 Å². The topological polar surface area (TPSA) is 99.7 Å². The minimum absolute atomic E-state index is 0.271. The molecule has 3 aromatic rings.